The molecule has 0 bridgehead atoms. The smallest absolute Gasteiger partial charge is 0.126 e. The molecule has 1 N–H and O–H groups in total. The number of imidazole rings is 1. The van der Waals surface area contributed by atoms with Crippen LogP contribution < -0.4 is 5.32 Å². The zero-order valence-electron chi connectivity index (χ0n) is 11.7. The van der Waals surface area contributed by atoms with Crippen LogP contribution in [-0.2, 0) is 13.5 Å². The number of nitrogens with one attached hydrogen (secondary N) is 1. The van der Waals surface area contributed by atoms with E-state index in [2.05, 4.69) is 17.2 Å². The third-order valence-electron chi connectivity index (χ3n) is 3.24. The van der Waals surface area contributed by atoms with Crippen LogP contribution in [0.25, 0.3) is 0 Å². The highest BCUT2D eigenvalue weighted by Crippen LogP contribution is 2.20. The number of benzene rings is 1. The van der Waals surface area contributed by atoms with Crippen molar-refractivity contribution in [1.82, 2.24) is 14.9 Å². The van der Waals surface area contributed by atoms with E-state index in [0.29, 0.717) is 12.0 Å². The summed E-state index contributed by atoms with van der Waals surface area (Å²) >= 11 is 0. The van der Waals surface area contributed by atoms with Crippen molar-refractivity contribution in [2.45, 2.75) is 25.8 Å². The van der Waals surface area contributed by atoms with Gasteiger partial charge < -0.3 is 9.88 Å². The Kier molecular flexibility index (Phi) is 4.84. The SMILES string of the molecule is CCCNC(Cc1nccn1C)c1cc(F)cc(F)c1. The molecule has 108 valence electrons. The van der Waals surface area contributed by atoms with Gasteiger partial charge in [0.05, 0.1) is 0 Å². The van der Waals surface area contributed by atoms with Crippen LogP contribution in [0.5, 0.6) is 0 Å². The van der Waals surface area contributed by atoms with Gasteiger partial charge in [-0.05, 0) is 30.7 Å². The largest absolute Gasteiger partial charge is 0.338 e. The van der Waals surface area contributed by atoms with Crippen LogP contribution >= 0.6 is 0 Å². The van der Waals surface area contributed by atoms with Crippen LogP contribution in [0.2, 0.25) is 0 Å². The third-order valence-corrected chi connectivity index (χ3v) is 3.24. The van der Waals surface area contributed by atoms with Gasteiger partial charge >= 0.3 is 0 Å². The van der Waals surface area contributed by atoms with Crippen molar-refractivity contribution >= 4 is 0 Å². The summed E-state index contributed by atoms with van der Waals surface area (Å²) in [6, 6.07) is 3.49. The molecule has 2 aromatic rings. The fourth-order valence-electron chi connectivity index (χ4n) is 2.18. The summed E-state index contributed by atoms with van der Waals surface area (Å²) in [5, 5.41) is 3.32. The summed E-state index contributed by atoms with van der Waals surface area (Å²) in [6.07, 6.45) is 5.12. The topological polar surface area (TPSA) is 29.9 Å². The molecule has 5 heteroatoms. The minimum absolute atomic E-state index is 0.152. The maximum Gasteiger partial charge on any atom is 0.126 e. The lowest BCUT2D eigenvalue weighted by Crippen LogP contribution is -2.25. The van der Waals surface area contributed by atoms with Crippen molar-refractivity contribution < 1.29 is 8.78 Å². The predicted molar refractivity (Wildman–Crippen MR) is 74.3 cm³/mol. The predicted octanol–water partition coefficient (Wildman–Crippen LogP) is 2.98. The molecule has 2 rings (SSSR count). The molecule has 0 aliphatic rings. The Hall–Kier alpha value is -1.75. The lowest BCUT2D eigenvalue weighted by Gasteiger charge is -2.19. The van der Waals surface area contributed by atoms with Crippen molar-refractivity contribution in [2.75, 3.05) is 6.54 Å². The Balaban J connectivity index is 2.24. The maximum absolute atomic E-state index is 13.4. The number of nitrogens with zero attached hydrogens (tertiary/aromatic N) is 2. The Bertz CT molecular complexity index is 546. The Morgan fingerprint density at radius 3 is 2.50 bits per heavy atom. The summed E-state index contributed by atoms with van der Waals surface area (Å²) in [5.74, 6) is -0.227. The average molecular weight is 279 g/mol. The molecule has 0 aliphatic heterocycles. The second kappa shape index (κ2) is 6.61. The zero-order valence-corrected chi connectivity index (χ0v) is 11.7. The Morgan fingerprint density at radius 1 is 1.25 bits per heavy atom. The van der Waals surface area contributed by atoms with E-state index in [1.165, 1.54) is 12.1 Å². The summed E-state index contributed by atoms with van der Waals surface area (Å²) in [7, 11) is 1.91. The standard InChI is InChI=1S/C15H19F2N3/c1-3-4-18-14(10-15-19-5-6-20(15)2)11-7-12(16)9-13(17)8-11/h5-9,14,18H,3-4,10H2,1-2H3. The van der Waals surface area contributed by atoms with Crippen molar-refractivity contribution in [3.05, 3.63) is 53.6 Å². The maximum atomic E-state index is 13.4. The van der Waals surface area contributed by atoms with E-state index in [0.717, 1.165) is 24.9 Å². The van der Waals surface area contributed by atoms with E-state index in [-0.39, 0.29) is 6.04 Å². The minimum atomic E-state index is -0.553. The second-order valence-electron chi connectivity index (χ2n) is 4.87. The van der Waals surface area contributed by atoms with Crippen molar-refractivity contribution in [2.24, 2.45) is 7.05 Å². The molecule has 0 saturated carbocycles. The second-order valence-corrected chi connectivity index (χ2v) is 4.87. The highest BCUT2D eigenvalue weighted by Gasteiger charge is 2.16. The van der Waals surface area contributed by atoms with E-state index < -0.39 is 11.6 Å². The minimum Gasteiger partial charge on any atom is -0.338 e. The van der Waals surface area contributed by atoms with Crippen LogP contribution in [0.15, 0.2) is 30.6 Å². The Morgan fingerprint density at radius 2 is 1.95 bits per heavy atom. The zero-order chi connectivity index (χ0) is 14.5. The number of halogens is 2. The van der Waals surface area contributed by atoms with E-state index >= 15 is 0 Å². The summed E-state index contributed by atoms with van der Waals surface area (Å²) in [6.45, 7) is 2.84. The highest BCUT2D eigenvalue weighted by molar-refractivity contribution is 5.22. The van der Waals surface area contributed by atoms with E-state index in [1.807, 2.05) is 17.8 Å². The van der Waals surface area contributed by atoms with Gasteiger partial charge in [-0.25, -0.2) is 13.8 Å². The number of aryl methyl sites for hydroxylation is 1. The molecule has 1 atom stereocenters. The molecule has 0 fully saturated rings. The highest BCUT2D eigenvalue weighted by atomic mass is 19.1. The van der Waals surface area contributed by atoms with Crippen LogP contribution in [0.4, 0.5) is 8.78 Å². The molecule has 1 aromatic carbocycles. The van der Waals surface area contributed by atoms with Gasteiger partial charge in [0.1, 0.15) is 17.5 Å². The molecule has 0 saturated heterocycles. The number of rotatable bonds is 6. The molecule has 0 aliphatic carbocycles. The van der Waals surface area contributed by atoms with E-state index in [4.69, 9.17) is 0 Å². The molecule has 1 aromatic heterocycles. The molecule has 1 heterocycles. The first kappa shape index (κ1) is 14.7. The van der Waals surface area contributed by atoms with E-state index in [9.17, 15) is 8.78 Å². The van der Waals surface area contributed by atoms with Gasteiger partial charge in [0.25, 0.3) is 0 Å². The van der Waals surface area contributed by atoms with Gasteiger partial charge in [-0.2, -0.15) is 0 Å². The molecular formula is C15H19F2N3. The van der Waals surface area contributed by atoms with Gasteiger partial charge in [0, 0.05) is 38.0 Å². The van der Waals surface area contributed by atoms with E-state index in [1.54, 1.807) is 6.20 Å². The molecule has 0 spiro atoms. The van der Waals surface area contributed by atoms with Gasteiger partial charge in [0.2, 0.25) is 0 Å². The molecule has 0 radical (unpaired) electrons. The first-order chi connectivity index (χ1) is 9.60. The normalized spacial score (nSPS) is 12.6. The van der Waals surface area contributed by atoms with Gasteiger partial charge in [-0.3, -0.25) is 0 Å². The van der Waals surface area contributed by atoms with Crippen LogP contribution in [0.3, 0.4) is 0 Å². The van der Waals surface area contributed by atoms with Crippen LogP contribution in [0, 0.1) is 11.6 Å². The summed E-state index contributed by atoms with van der Waals surface area (Å²) in [4.78, 5) is 4.27. The summed E-state index contributed by atoms with van der Waals surface area (Å²) < 4.78 is 28.7. The molecule has 20 heavy (non-hydrogen) atoms. The van der Waals surface area contributed by atoms with Crippen LogP contribution in [-0.4, -0.2) is 16.1 Å². The quantitative estimate of drug-likeness (QED) is 0.881. The number of hydrogen-bond donors (Lipinski definition) is 1. The number of hydrogen-bond acceptors (Lipinski definition) is 2. The Labute approximate surface area is 117 Å². The van der Waals surface area contributed by atoms with Gasteiger partial charge in [0.15, 0.2) is 0 Å². The first-order valence-corrected chi connectivity index (χ1v) is 6.75. The van der Waals surface area contributed by atoms with Gasteiger partial charge in [-0.1, -0.05) is 6.92 Å². The third kappa shape index (κ3) is 3.63. The van der Waals surface area contributed by atoms with Crippen molar-refractivity contribution in [1.29, 1.82) is 0 Å². The molecular weight excluding hydrogens is 260 g/mol. The first-order valence-electron chi connectivity index (χ1n) is 6.75. The van der Waals surface area contributed by atoms with Gasteiger partial charge in [-0.15, -0.1) is 0 Å². The summed E-state index contributed by atoms with van der Waals surface area (Å²) in [5.41, 5.74) is 0.610. The van der Waals surface area contributed by atoms with Crippen molar-refractivity contribution in [3.63, 3.8) is 0 Å². The molecule has 1 unspecified atom stereocenters. The lowest BCUT2D eigenvalue weighted by atomic mass is 10.0. The fraction of sp³-hybridized carbons (Fsp3) is 0.400. The average Bonchev–Trinajstić information content (AvgIpc) is 2.78. The number of aromatic nitrogens is 2. The van der Waals surface area contributed by atoms with Crippen molar-refractivity contribution in [3.8, 4) is 0 Å². The lowest BCUT2D eigenvalue weighted by molar-refractivity contribution is 0.501. The monoisotopic (exact) mass is 279 g/mol. The molecule has 3 nitrogen and oxygen atoms in total. The fourth-order valence-corrected chi connectivity index (χ4v) is 2.18. The van der Waals surface area contributed by atoms with Crippen LogP contribution in [0.1, 0.15) is 30.8 Å². The molecule has 0 amide bonds.